The van der Waals surface area contributed by atoms with E-state index in [0.717, 1.165) is 12.8 Å². The molecule has 4 nitrogen and oxygen atoms in total. The van der Waals surface area contributed by atoms with Gasteiger partial charge in [0.25, 0.3) is 0 Å². The lowest BCUT2D eigenvalue weighted by Gasteiger charge is -2.13. The Morgan fingerprint density at radius 1 is 1.64 bits per heavy atom. The molecule has 0 amide bonds. The second-order valence-electron chi connectivity index (χ2n) is 3.96. The molecule has 72 valence electrons. The molecule has 1 fully saturated rings. The first-order valence-electron chi connectivity index (χ1n) is 4.57. The summed E-state index contributed by atoms with van der Waals surface area (Å²) in [5.74, 6) is 0.640. The fraction of sp³-hybridized carbons (Fsp3) is 0.400. The number of nitrogens with two attached hydrogens (primary N) is 1. The fourth-order valence-corrected chi connectivity index (χ4v) is 1.26. The van der Waals surface area contributed by atoms with Crippen molar-refractivity contribution < 1.29 is 0 Å². The lowest BCUT2D eigenvalue weighted by Crippen LogP contribution is -2.17. The van der Waals surface area contributed by atoms with Crippen LogP contribution < -0.4 is 11.1 Å². The van der Waals surface area contributed by atoms with Crippen molar-refractivity contribution in [1.82, 2.24) is 4.98 Å². The number of aromatic nitrogens is 1. The van der Waals surface area contributed by atoms with Gasteiger partial charge in [-0.25, -0.2) is 4.98 Å². The number of nitrogen functional groups attached to an aromatic ring is 1. The van der Waals surface area contributed by atoms with Gasteiger partial charge in [-0.05, 0) is 25.8 Å². The Labute approximate surface area is 82.8 Å². The molecule has 4 heteroatoms. The van der Waals surface area contributed by atoms with E-state index in [4.69, 9.17) is 11.0 Å². The highest BCUT2D eigenvalue weighted by molar-refractivity contribution is 5.58. The Morgan fingerprint density at radius 2 is 2.36 bits per heavy atom. The van der Waals surface area contributed by atoms with E-state index in [1.54, 1.807) is 12.3 Å². The topological polar surface area (TPSA) is 74.7 Å². The molecular weight excluding hydrogens is 176 g/mol. The minimum Gasteiger partial charge on any atom is -0.397 e. The van der Waals surface area contributed by atoms with Gasteiger partial charge in [0.15, 0.2) is 0 Å². The van der Waals surface area contributed by atoms with Gasteiger partial charge in [-0.3, -0.25) is 0 Å². The summed E-state index contributed by atoms with van der Waals surface area (Å²) in [5, 5.41) is 12.1. The van der Waals surface area contributed by atoms with Crippen molar-refractivity contribution >= 4 is 11.5 Å². The van der Waals surface area contributed by atoms with E-state index in [2.05, 4.69) is 23.3 Å². The lowest BCUT2D eigenvalue weighted by molar-refractivity contribution is 0.820. The molecule has 1 aromatic rings. The van der Waals surface area contributed by atoms with Crippen molar-refractivity contribution in [3.05, 3.63) is 17.8 Å². The molecule has 14 heavy (non-hydrogen) atoms. The minimum atomic E-state index is 0.134. The summed E-state index contributed by atoms with van der Waals surface area (Å²) in [4.78, 5) is 4.12. The predicted octanol–water partition coefficient (Wildman–Crippen LogP) is 1.50. The first-order chi connectivity index (χ1) is 6.63. The van der Waals surface area contributed by atoms with Gasteiger partial charge in [0.1, 0.15) is 11.9 Å². The highest BCUT2D eigenvalue weighted by atomic mass is 15.1. The van der Waals surface area contributed by atoms with Crippen LogP contribution in [0.5, 0.6) is 0 Å². The van der Waals surface area contributed by atoms with Crippen LogP contribution in [0.25, 0.3) is 0 Å². The average molecular weight is 188 g/mol. The highest BCUT2D eigenvalue weighted by Crippen LogP contribution is 2.38. The maximum absolute atomic E-state index is 8.87. The summed E-state index contributed by atoms with van der Waals surface area (Å²) < 4.78 is 0. The second-order valence-corrected chi connectivity index (χ2v) is 3.96. The first kappa shape index (κ1) is 8.82. The van der Waals surface area contributed by atoms with Gasteiger partial charge >= 0.3 is 0 Å². The summed E-state index contributed by atoms with van der Waals surface area (Å²) in [6, 6.07) is 3.72. The number of hydrogen-bond donors (Lipinski definition) is 2. The zero-order valence-electron chi connectivity index (χ0n) is 8.04. The van der Waals surface area contributed by atoms with Crippen molar-refractivity contribution in [3.8, 4) is 6.07 Å². The zero-order valence-corrected chi connectivity index (χ0v) is 8.04. The summed E-state index contributed by atoms with van der Waals surface area (Å²) >= 11 is 0. The molecule has 0 saturated heterocycles. The fourth-order valence-electron chi connectivity index (χ4n) is 1.26. The molecule has 0 unspecified atom stereocenters. The van der Waals surface area contributed by atoms with E-state index in [0.29, 0.717) is 17.1 Å². The third-order valence-corrected chi connectivity index (χ3v) is 2.45. The van der Waals surface area contributed by atoms with E-state index >= 15 is 0 Å². The van der Waals surface area contributed by atoms with Crippen molar-refractivity contribution in [1.29, 1.82) is 5.26 Å². The quantitative estimate of drug-likeness (QED) is 0.737. The number of anilines is 2. The molecule has 0 aliphatic heterocycles. The van der Waals surface area contributed by atoms with Crippen LogP contribution in [0.2, 0.25) is 0 Å². The maximum Gasteiger partial charge on any atom is 0.144 e. The van der Waals surface area contributed by atoms with Gasteiger partial charge in [0.05, 0.1) is 17.4 Å². The van der Waals surface area contributed by atoms with Crippen LogP contribution in [-0.2, 0) is 0 Å². The molecule has 1 aromatic heterocycles. The third kappa shape index (κ3) is 1.62. The van der Waals surface area contributed by atoms with Crippen molar-refractivity contribution in [3.63, 3.8) is 0 Å². The summed E-state index contributed by atoms with van der Waals surface area (Å²) in [6.45, 7) is 2.12. The van der Waals surface area contributed by atoms with Crippen molar-refractivity contribution in [2.45, 2.75) is 25.3 Å². The normalized spacial score (nSPS) is 17.1. The van der Waals surface area contributed by atoms with E-state index in [1.165, 1.54) is 0 Å². The van der Waals surface area contributed by atoms with E-state index in [1.807, 2.05) is 0 Å². The van der Waals surface area contributed by atoms with Gasteiger partial charge in [-0.15, -0.1) is 0 Å². The van der Waals surface area contributed by atoms with Gasteiger partial charge in [0, 0.05) is 5.54 Å². The van der Waals surface area contributed by atoms with Crippen LogP contribution in [0.15, 0.2) is 12.3 Å². The summed E-state index contributed by atoms with van der Waals surface area (Å²) in [5.41, 5.74) is 6.71. The molecule has 0 radical (unpaired) electrons. The van der Waals surface area contributed by atoms with Crippen molar-refractivity contribution in [2.75, 3.05) is 11.1 Å². The molecule has 0 spiro atoms. The van der Waals surface area contributed by atoms with Crippen LogP contribution in [0.4, 0.5) is 11.5 Å². The third-order valence-electron chi connectivity index (χ3n) is 2.45. The largest absolute Gasteiger partial charge is 0.397 e. The molecule has 1 saturated carbocycles. The average Bonchev–Trinajstić information content (AvgIpc) is 2.87. The number of nitrogens with zero attached hydrogens (tertiary/aromatic N) is 2. The number of rotatable bonds is 2. The number of hydrogen-bond acceptors (Lipinski definition) is 4. The Hall–Kier alpha value is -1.76. The van der Waals surface area contributed by atoms with E-state index in [-0.39, 0.29) is 5.54 Å². The number of pyridine rings is 1. The highest BCUT2D eigenvalue weighted by Gasteiger charge is 2.37. The van der Waals surface area contributed by atoms with Crippen LogP contribution >= 0.6 is 0 Å². The lowest BCUT2D eigenvalue weighted by atomic mass is 10.2. The number of nitriles is 1. The maximum atomic E-state index is 8.87. The van der Waals surface area contributed by atoms with Crippen LogP contribution in [0.3, 0.4) is 0 Å². The van der Waals surface area contributed by atoms with Crippen molar-refractivity contribution in [2.24, 2.45) is 0 Å². The summed E-state index contributed by atoms with van der Waals surface area (Å²) in [7, 11) is 0. The molecule has 0 atom stereocenters. The molecule has 0 aromatic carbocycles. The van der Waals surface area contributed by atoms with E-state index < -0.39 is 0 Å². The van der Waals surface area contributed by atoms with E-state index in [9.17, 15) is 0 Å². The van der Waals surface area contributed by atoms with Crippen LogP contribution in [-0.4, -0.2) is 10.5 Å². The molecule has 1 heterocycles. The Balaban J connectivity index is 2.29. The number of nitrogens with one attached hydrogen (secondary N) is 1. The molecular formula is C10H12N4. The van der Waals surface area contributed by atoms with Gasteiger partial charge in [0.2, 0.25) is 0 Å². The molecule has 3 N–H and O–H groups in total. The van der Waals surface area contributed by atoms with Gasteiger partial charge in [-0.2, -0.15) is 5.26 Å². The minimum absolute atomic E-state index is 0.134. The SMILES string of the molecule is CC1(Nc2ncc(N)cc2C#N)CC1. The Kier molecular flexibility index (Phi) is 1.81. The summed E-state index contributed by atoms with van der Waals surface area (Å²) in [6.07, 6.45) is 3.82. The Morgan fingerprint density at radius 3 is 2.93 bits per heavy atom. The first-order valence-corrected chi connectivity index (χ1v) is 4.57. The Bertz CT molecular complexity index is 401. The molecule has 0 bridgehead atoms. The molecule has 1 aliphatic rings. The van der Waals surface area contributed by atoms with Crippen LogP contribution in [0.1, 0.15) is 25.3 Å². The van der Waals surface area contributed by atoms with Gasteiger partial charge in [-0.1, -0.05) is 0 Å². The standard InChI is InChI=1S/C10H12N4/c1-10(2-3-10)14-9-7(5-11)4-8(12)6-13-9/h4,6H,2-3,12H2,1H3,(H,13,14). The second kappa shape index (κ2) is 2.88. The van der Waals surface area contributed by atoms with Gasteiger partial charge < -0.3 is 11.1 Å². The smallest absolute Gasteiger partial charge is 0.144 e. The zero-order chi connectivity index (χ0) is 10.2. The molecule has 1 aliphatic carbocycles. The predicted molar refractivity (Wildman–Crippen MR) is 54.6 cm³/mol. The van der Waals surface area contributed by atoms with Crippen LogP contribution in [0, 0.1) is 11.3 Å². The molecule has 2 rings (SSSR count). The monoisotopic (exact) mass is 188 g/mol.